The molecule has 0 aliphatic carbocycles. The summed E-state index contributed by atoms with van der Waals surface area (Å²) in [6, 6.07) is 27.1. The summed E-state index contributed by atoms with van der Waals surface area (Å²) in [5.41, 5.74) is 13.0. The number of carbonyl (C=O) groups is 1. The van der Waals surface area contributed by atoms with Crippen LogP contribution in [0, 0.1) is 38.5 Å². The van der Waals surface area contributed by atoms with Crippen LogP contribution in [-0.4, -0.2) is 50.1 Å². The number of aryl methyl sites for hydroxylation is 2. The molecule has 8 rings (SSSR count). The van der Waals surface area contributed by atoms with Crippen molar-refractivity contribution in [2.75, 3.05) is 13.6 Å². The summed E-state index contributed by atoms with van der Waals surface area (Å²) in [6.07, 6.45) is 14.9. The average molecular weight is 755 g/mol. The third kappa shape index (κ3) is 6.96. The molecule has 0 saturated carbocycles. The normalized spacial score (nSPS) is 15.3. The van der Waals surface area contributed by atoms with Gasteiger partial charge in [0.1, 0.15) is 12.9 Å². The van der Waals surface area contributed by atoms with Gasteiger partial charge in [-0.2, -0.15) is 0 Å². The molecular weight excluding hydrogens is 717 g/mol. The van der Waals surface area contributed by atoms with E-state index in [9.17, 15) is 4.79 Å². The van der Waals surface area contributed by atoms with Gasteiger partial charge in [0.2, 0.25) is 0 Å². The number of benzene rings is 4. The van der Waals surface area contributed by atoms with E-state index in [0.717, 1.165) is 73.0 Å². The molecule has 0 amide bonds. The van der Waals surface area contributed by atoms with Gasteiger partial charge >= 0.3 is 5.97 Å². The lowest BCUT2D eigenvalue weighted by Crippen LogP contribution is -2.14. The largest absolute Gasteiger partial charge is 0.434 e. The minimum atomic E-state index is -0.664. The Morgan fingerprint density at radius 3 is 1.81 bits per heavy atom. The second-order valence-corrected chi connectivity index (χ2v) is 13.7. The molecule has 6 aromatic rings. The number of fused-ring (bicyclic) bond motifs is 6. The van der Waals surface area contributed by atoms with E-state index >= 15 is 0 Å². The number of carbonyl (C=O) groups excluding carboxylic acids is 1. The molecule has 0 radical (unpaired) electrons. The Bertz CT molecular complexity index is 2690. The fourth-order valence-corrected chi connectivity index (χ4v) is 7.42. The van der Waals surface area contributed by atoms with Crippen LogP contribution in [0.4, 0.5) is 0 Å². The molecule has 0 spiro atoms. The molecule has 2 unspecified atom stereocenters. The Labute approximate surface area is 330 Å². The van der Waals surface area contributed by atoms with Crippen molar-refractivity contribution in [1.29, 1.82) is 0 Å². The van der Waals surface area contributed by atoms with Gasteiger partial charge in [-0.15, -0.1) is 12.8 Å². The molecule has 57 heavy (non-hydrogen) atoms. The number of nitrogens with zero attached hydrogens (tertiary/aromatic N) is 6. The first-order valence-corrected chi connectivity index (χ1v) is 18.4. The highest BCUT2D eigenvalue weighted by atomic mass is 17.2. The van der Waals surface area contributed by atoms with Crippen LogP contribution in [0.1, 0.15) is 98.0 Å². The summed E-state index contributed by atoms with van der Waals surface area (Å²) in [5.74, 6) is 4.80. The van der Waals surface area contributed by atoms with Crippen molar-refractivity contribution in [1.82, 2.24) is 19.1 Å². The van der Waals surface area contributed by atoms with Crippen LogP contribution in [0.25, 0.3) is 11.4 Å². The van der Waals surface area contributed by atoms with Crippen molar-refractivity contribution in [3.8, 4) is 36.1 Å². The topological polar surface area (TPSA) is 114 Å². The molecular formula is C46H38N6O5. The van der Waals surface area contributed by atoms with E-state index in [1.165, 1.54) is 0 Å². The number of hydrogen-bond acceptors (Lipinski definition) is 9. The number of esters is 1. The van der Waals surface area contributed by atoms with Crippen molar-refractivity contribution in [3.63, 3.8) is 0 Å². The standard InChI is InChI=1S/C46H38N6O5/c1-7-32-17-19-39-36(21-32)41(34-15-11-9-13-28(34)3)49-30(5)44-38(47-24-51(39)44)23-56-57-27-54-26-55-46(53)43-45-31(6)50-42(35-16-12-10-14-29(35)4)37-22-33(8-2)18-20-40(37)52(45)25-48-43/h1-2,9-22,24-25,30-31H,23,26-27H2,3-6H3. The lowest BCUT2D eigenvalue weighted by atomic mass is 9.95. The second kappa shape index (κ2) is 15.7. The van der Waals surface area contributed by atoms with Crippen LogP contribution >= 0.6 is 0 Å². The molecule has 2 aromatic heterocycles. The highest BCUT2D eigenvalue weighted by molar-refractivity contribution is 6.17. The number of hydrogen-bond donors (Lipinski definition) is 0. The predicted octanol–water partition coefficient (Wildman–Crippen LogP) is 7.70. The number of ether oxygens (including phenoxy) is 2. The molecule has 0 fully saturated rings. The minimum Gasteiger partial charge on any atom is -0.434 e. The third-order valence-corrected chi connectivity index (χ3v) is 10.2. The first-order chi connectivity index (χ1) is 27.8. The highest BCUT2D eigenvalue weighted by Gasteiger charge is 2.30. The summed E-state index contributed by atoms with van der Waals surface area (Å²) in [7, 11) is 0. The first-order valence-electron chi connectivity index (χ1n) is 18.4. The van der Waals surface area contributed by atoms with Crippen LogP contribution < -0.4 is 0 Å². The number of terminal acetylenes is 2. The summed E-state index contributed by atoms with van der Waals surface area (Å²) < 4.78 is 14.8. The Kier molecular flexibility index (Phi) is 10.2. The maximum atomic E-state index is 13.4. The van der Waals surface area contributed by atoms with Crippen LogP contribution in [0.15, 0.2) is 108 Å². The molecule has 282 valence electrons. The number of aromatic nitrogens is 4. The van der Waals surface area contributed by atoms with Crippen molar-refractivity contribution >= 4 is 17.4 Å². The highest BCUT2D eigenvalue weighted by Crippen LogP contribution is 2.35. The maximum absolute atomic E-state index is 13.4. The molecule has 11 heteroatoms. The van der Waals surface area contributed by atoms with Crippen LogP contribution in [-0.2, 0) is 25.9 Å². The maximum Gasteiger partial charge on any atom is 0.361 e. The first kappa shape index (κ1) is 37.1. The van der Waals surface area contributed by atoms with Crippen molar-refractivity contribution in [2.24, 2.45) is 9.98 Å². The SMILES string of the molecule is C#Cc1ccc2c(c1)C(c1ccccc1C)=NC(C)c1c(COOCOCOC(=O)c3ncn4c3C(C)N=C(c3ccccc3C)c3cc(C#C)ccc3-4)ncn1-2. The molecule has 2 atom stereocenters. The van der Waals surface area contributed by atoms with Gasteiger partial charge < -0.3 is 14.0 Å². The van der Waals surface area contributed by atoms with Gasteiger partial charge in [-0.25, -0.2) is 24.5 Å². The molecule has 2 aliphatic heterocycles. The van der Waals surface area contributed by atoms with E-state index in [-0.39, 0.29) is 25.1 Å². The number of imidazole rings is 2. The zero-order chi connectivity index (χ0) is 39.6. The number of aliphatic imine (C=N–C) groups is 2. The summed E-state index contributed by atoms with van der Waals surface area (Å²) >= 11 is 0. The lowest BCUT2D eigenvalue weighted by molar-refractivity contribution is -0.350. The summed E-state index contributed by atoms with van der Waals surface area (Å²) in [4.78, 5) is 43.6. The Morgan fingerprint density at radius 1 is 0.684 bits per heavy atom. The van der Waals surface area contributed by atoms with Crippen LogP contribution in [0.3, 0.4) is 0 Å². The fraction of sp³-hybridized carbons (Fsp3) is 0.196. The zero-order valence-electron chi connectivity index (χ0n) is 31.9. The van der Waals surface area contributed by atoms with E-state index in [2.05, 4.69) is 40.9 Å². The Balaban J connectivity index is 0.925. The molecule has 4 heterocycles. The Morgan fingerprint density at radius 2 is 1.23 bits per heavy atom. The quantitative estimate of drug-likeness (QED) is 0.0352. The van der Waals surface area contributed by atoms with Gasteiger partial charge in [0.15, 0.2) is 19.3 Å². The smallest absolute Gasteiger partial charge is 0.361 e. The van der Waals surface area contributed by atoms with Gasteiger partial charge in [0.05, 0.1) is 58.3 Å². The molecule has 0 bridgehead atoms. The summed E-state index contributed by atoms with van der Waals surface area (Å²) in [6.45, 7) is 7.36. The van der Waals surface area contributed by atoms with Crippen molar-refractivity contribution < 1.29 is 24.0 Å². The number of rotatable bonds is 10. The Hall–Kier alpha value is -6.89. The van der Waals surface area contributed by atoms with Gasteiger partial charge in [-0.3, -0.25) is 14.6 Å². The van der Waals surface area contributed by atoms with Gasteiger partial charge in [0.25, 0.3) is 0 Å². The fourth-order valence-electron chi connectivity index (χ4n) is 7.42. The van der Waals surface area contributed by atoms with E-state index in [0.29, 0.717) is 11.4 Å². The molecule has 11 nitrogen and oxygen atoms in total. The predicted molar refractivity (Wildman–Crippen MR) is 216 cm³/mol. The monoisotopic (exact) mass is 754 g/mol. The van der Waals surface area contributed by atoms with Crippen LogP contribution in [0.5, 0.6) is 0 Å². The lowest BCUT2D eigenvalue weighted by Gasteiger charge is -2.14. The van der Waals surface area contributed by atoms with Crippen molar-refractivity contribution in [2.45, 2.75) is 46.4 Å². The van der Waals surface area contributed by atoms with E-state index in [1.807, 2.05) is 103 Å². The van der Waals surface area contributed by atoms with E-state index in [4.69, 9.17) is 42.1 Å². The van der Waals surface area contributed by atoms with Gasteiger partial charge in [-0.1, -0.05) is 60.4 Å². The summed E-state index contributed by atoms with van der Waals surface area (Å²) in [5, 5.41) is 0. The third-order valence-electron chi connectivity index (χ3n) is 10.2. The zero-order valence-corrected chi connectivity index (χ0v) is 31.9. The van der Waals surface area contributed by atoms with E-state index in [1.54, 1.807) is 12.7 Å². The average Bonchev–Trinajstić information content (AvgIpc) is 3.81. The molecule has 0 N–H and O–H groups in total. The molecule has 0 saturated heterocycles. The van der Waals surface area contributed by atoms with Crippen molar-refractivity contribution in [3.05, 3.63) is 165 Å². The van der Waals surface area contributed by atoms with Gasteiger partial charge in [0, 0.05) is 33.4 Å². The van der Waals surface area contributed by atoms with Gasteiger partial charge in [-0.05, 0) is 75.2 Å². The molecule has 2 aliphatic rings. The van der Waals surface area contributed by atoms with E-state index < -0.39 is 18.8 Å². The molecule has 4 aromatic carbocycles. The van der Waals surface area contributed by atoms with Crippen LogP contribution in [0.2, 0.25) is 0 Å². The second-order valence-electron chi connectivity index (χ2n) is 13.7. The minimum absolute atomic E-state index is 0.0246.